The maximum Gasteiger partial charge on any atom is 0.126 e. The van der Waals surface area contributed by atoms with Crippen LogP contribution in [0.3, 0.4) is 0 Å². The SMILES string of the molecule is C/C=C/c1ccccc1OCCCCCCCl. The Morgan fingerprint density at radius 1 is 1.12 bits per heavy atom. The number of hydrogen-bond acceptors (Lipinski definition) is 1. The van der Waals surface area contributed by atoms with Crippen LogP contribution in [0.25, 0.3) is 6.08 Å². The fourth-order valence-corrected chi connectivity index (χ4v) is 1.85. The molecule has 0 radical (unpaired) electrons. The van der Waals surface area contributed by atoms with E-state index in [1.54, 1.807) is 0 Å². The highest BCUT2D eigenvalue weighted by Crippen LogP contribution is 2.19. The first-order chi connectivity index (χ1) is 8.38. The second-order valence-corrected chi connectivity index (χ2v) is 4.37. The smallest absolute Gasteiger partial charge is 0.126 e. The minimum absolute atomic E-state index is 0.769. The van der Waals surface area contributed by atoms with Crippen LogP contribution >= 0.6 is 11.6 Å². The van der Waals surface area contributed by atoms with Crippen molar-refractivity contribution in [2.24, 2.45) is 0 Å². The molecule has 0 saturated carbocycles. The van der Waals surface area contributed by atoms with Crippen molar-refractivity contribution in [3.8, 4) is 5.75 Å². The summed E-state index contributed by atoms with van der Waals surface area (Å²) in [6.45, 7) is 2.81. The van der Waals surface area contributed by atoms with Crippen LogP contribution in [0, 0.1) is 0 Å². The number of halogens is 1. The minimum Gasteiger partial charge on any atom is -0.493 e. The highest BCUT2D eigenvalue weighted by atomic mass is 35.5. The quantitative estimate of drug-likeness (QED) is 0.472. The number of ether oxygens (including phenoxy) is 1. The Morgan fingerprint density at radius 2 is 1.88 bits per heavy atom. The largest absolute Gasteiger partial charge is 0.493 e. The van der Waals surface area contributed by atoms with E-state index in [-0.39, 0.29) is 0 Å². The van der Waals surface area contributed by atoms with E-state index in [0.717, 1.165) is 36.6 Å². The summed E-state index contributed by atoms with van der Waals surface area (Å²) in [6, 6.07) is 8.13. The Balaban J connectivity index is 2.31. The second-order valence-electron chi connectivity index (χ2n) is 3.99. The van der Waals surface area contributed by atoms with E-state index in [1.165, 1.54) is 12.8 Å². The van der Waals surface area contributed by atoms with Crippen molar-refractivity contribution in [2.75, 3.05) is 12.5 Å². The molecule has 0 heterocycles. The van der Waals surface area contributed by atoms with Crippen LogP contribution in [-0.4, -0.2) is 12.5 Å². The molecule has 2 heteroatoms. The average molecular weight is 253 g/mol. The first-order valence-electron chi connectivity index (χ1n) is 6.29. The highest BCUT2D eigenvalue weighted by molar-refractivity contribution is 6.17. The van der Waals surface area contributed by atoms with Gasteiger partial charge in [0.15, 0.2) is 0 Å². The second kappa shape index (κ2) is 9.12. The van der Waals surface area contributed by atoms with Crippen LogP contribution in [0.15, 0.2) is 30.3 Å². The van der Waals surface area contributed by atoms with Crippen LogP contribution in [0.4, 0.5) is 0 Å². The van der Waals surface area contributed by atoms with E-state index in [4.69, 9.17) is 16.3 Å². The summed E-state index contributed by atoms with van der Waals surface area (Å²) < 4.78 is 5.79. The number of alkyl halides is 1. The lowest BCUT2D eigenvalue weighted by molar-refractivity contribution is 0.304. The van der Waals surface area contributed by atoms with Crippen molar-refractivity contribution in [1.29, 1.82) is 0 Å². The Kier molecular flexibility index (Phi) is 7.57. The Bertz CT molecular complexity index is 333. The molecule has 0 aliphatic heterocycles. The number of rotatable bonds is 8. The van der Waals surface area contributed by atoms with Crippen LogP contribution in [-0.2, 0) is 0 Å². The zero-order valence-electron chi connectivity index (χ0n) is 10.5. The van der Waals surface area contributed by atoms with Crippen LogP contribution in [0.1, 0.15) is 38.2 Å². The van der Waals surface area contributed by atoms with Crippen LogP contribution in [0.5, 0.6) is 5.75 Å². The van der Waals surface area contributed by atoms with Gasteiger partial charge in [0.1, 0.15) is 5.75 Å². The van der Waals surface area contributed by atoms with E-state index >= 15 is 0 Å². The van der Waals surface area contributed by atoms with Crippen molar-refractivity contribution in [3.63, 3.8) is 0 Å². The first-order valence-corrected chi connectivity index (χ1v) is 6.82. The van der Waals surface area contributed by atoms with Crippen molar-refractivity contribution in [2.45, 2.75) is 32.6 Å². The van der Waals surface area contributed by atoms with Crippen molar-refractivity contribution < 1.29 is 4.74 Å². The summed E-state index contributed by atoms with van der Waals surface area (Å²) in [4.78, 5) is 0. The maximum absolute atomic E-state index is 5.79. The molecule has 0 atom stereocenters. The van der Waals surface area contributed by atoms with E-state index in [9.17, 15) is 0 Å². The topological polar surface area (TPSA) is 9.23 Å². The molecule has 1 aromatic rings. The van der Waals surface area contributed by atoms with Crippen molar-refractivity contribution >= 4 is 17.7 Å². The number of unbranched alkanes of at least 4 members (excludes halogenated alkanes) is 3. The zero-order valence-corrected chi connectivity index (χ0v) is 11.2. The van der Waals surface area contributed by atoms with E-state index in [1.807, 2.05) is 31.2 Å². The first kappa shape index (κ1) is 14.1. The summed E-state index contributed by atoms with van der Waals surface area (Å²) in [5, 5.41) is 0. The van der Waals surface area contributed by atoms with Crippen molar-refractivity contribution in [1.82, 2.24) is 0 Å². The summed E-state index contributed by atoms with van der Waals surface area (Å²) in [7, 11) is 0. The van der Waals surface area contributed by atoms with Gasteiger partial charge in [0.2, 0.25) is 0 Å². The summed E-state index contributed by atoms with van der Waals surface area (Å²) in [5.74, 6) is 1.74. The van der Waals surface area contributed by atoms with Gasteiger partial charge in [-0.15, -0.1) is 11.6 Å². The lowest BCUT2D eigenvalue weighted by Crippen LogP contribution is -1.98. The monoisotopic (exact) mass is 252 g/mol. The summed E-state index contributed by atoms with van der Waals surface area (Å²) >= 11 is 5.63. The fraction of sp³-hybridized carbons (Fsp3) is 0.467. The Labute approximate surface area is 109 Å². The molecule has 1 nitrogen and oxygen atoms in total. The molecule has 0 aliphatic rings. The predicted octanol–water partition coefficient (Wildman–Crippen LogP) is 4.90. The standard InChI is InChI=1S/C15H21ClO/c1-2-9-14-10-5-6-11-15(14)17-13-8-4-3-7-12-16/h2,5-6,9-11H,3-4,7-8,12-13H2,1H3/b9-2+. The van der Waals surface area contributed by atoms with Gasteiger partial charge < -0.3 is 4.74 Å². The molecule has 0 saturated heterocycles. The normalized spacial score (nSPS) is 10.9. The van der Waals surface area contributed by atoms with Gasteiger partial charge in [-0.2, -0.15) is 0 Å². The molecule has 1 rings (SSSR count). The van der Waals surface area contributed by atoms with E-state index < -0.39 is 0 Å². The average Bonchev–Trinajstić information content (AvgIpc) is 2.36. The van der Waals surface area contributed by atoms with Gasteiger partial charge in [0.25, 0.3) is 0 Å². The molecular formula is C15H21ClO. The third kappa shape index (κ3) is 5.78. The molecule has 0 N–H and O–H groups in total. The van der Waals surface area contributed by atoms with Gasteiger partial charge in [0, 0.05) is 11.4 Å². The summed E-state index contributed by atoms with van der Waals surface area (Å²) in [6.07, 6.45) is 8.70. The molecule has 0 bridgehead atoms. The molecule has 0 amide bonds. The molecular weight excluding hydrogens is 232 g/mol. The van der Waals surface area contributed by atoms with Gasteiger partial charge in [-0.05, 0) is 25.8 Å². The number of para-hydroxylation sites is 1. The van der Waals surface area contributed by atoms with Gasteiger partial charge in [0.05, 0.1) is 6.61 Å². The lowest BCUT2D eigenvalue weighted by atomic mass is 10.2. The highest BCUT2D eigenvalue weighted by Gasteiger charge is 1.98. The molecule has 0 spiro atoms. The zero-order chi connectivity index (χ0) is 12.3. The molecule has 0 aliphatic carbocycles. The van der Waals surface area contributed by atoms with Gasteiger partial charge in [-0.1, -0.05) is 43.2 Å². The fourth-order valence-electron chi connectivity index (χ4n) is 1.66. The predicted molar refractivity (Wildman–Crippen MR) is 75.8 cm³/mol. The number of benzene rings is 1. The molecule has 1 aromatic carbocycles. The molecule has 17 heavy (non-hydrogen) atoms. The van der Waals surface area contributed by atoms with E-state index in [0.29, 0.717) is 0 Å². The molecule has 0 aromatic heterocycles. The third-order valence-electron chi connectivity index (χ3n) is 2.55. The Morgan fingerprint density at radius 3 is 2.65 bits per heavy atom. The third-order valence-corrected chi connectivity index (χ3v) is 2.82. The van der Waals surface area contributed by atoms with E-state index in [2.05, 4.69) is 12.1 Å². The molecule has 0 unspecified atom stereocenters. The van der Waals surface area contributed by atoms with Crippen LogP contribution in [0.2, 0.25) is 0 Å². The van der Waals surface area contributed by atoms with Gasteiger partial charge >= 0.3 is 0 Å². The number of hydrogen-bond donors (Lipinski definition) is 0. The van der Waals surface area contributed by atoms with Crippen LogP contribution < -0.4 is 4.74 Å². The Hall–Kier alpha value is -0.950. The molecule has 94 valence electrons. The number of allylic oxidation sites excluding steroid dienone is 1. The van der Waals surface area contributed by atoms with Gasteiger partial charge in [-0.25, -0.2) is 0 Å². The van der Waals surface area contributed by atoms with Gasteiger partial charge in [-0.3, -0.25) is 0 Å². The minimum atomic E-state index is 0.769. The maximum atomic E-state index is 5.79. The molecule has 0 fully saturated rings. The lowest BCUT2D eigenvalue weighted by Gasteiger charge is -2.08. The summed E-state index contributed by atoms with van der Waals surface area (Å²) in [5.41, 5.74) is 1.15. The van der Waals surface area contributed by atoms with Crippen molar-refractivity contribution in [3.05, 3.63) is 35.9 Å².